The summed E-state index contributed by atoms with van der Waals surface area (Å²) in [5.41, 5.74) is 4.26. The smallest absolute Gasteiger partial charge is 0.317 e. The van der Waals surface area contributed by atoms with Gasteiger partial charge in [-0.25, -0.2) is 4.79 Å². The van der Waals surface area contributed by atoms with Crippen LogP contribution in [0.25, 0.3) is 10.9 Å². The third kappa shape index (κ3) is 3.64. The number of carbonyl (C=O) groups excluding carboxylic acids is 1. The molecular weight excluding hydrogens is 362 g/mol. The molecule has 0 radical (unpaired) electrons. The lowest BCUT2D eigenvalue weighted by molar-refractivity contribution is 0.124. The highest BCUT2D eigenvalue weighted by Gasteiger charge is 2.40. The predicted octanol–water partition coefficient (Wildman–Crippen LogP) is 2.92. The van der Waals surface area contributed by atoms with Gasteiger partial charge in [0, 0.05) is 54.7 Å². The molecule has 1 aromatic heterocycles. The van der Waals surface area contributed by atoms with Crippen LogP contribution in [0.15, 0.2) is 24.4 Å². The maximum absolute atomic E-state index is 12.6. The first kappa shape index (κ1) is 20.2. The van der Waals surface area contributed by atoms with Crippen molar-refractivity contribution in [2.45, 2.75) is 51.4 Å². The molecule has 1 aliphatic carbocycles. The molecule has 1 fully saturated rings. The van der Waals surface area contributed by atoms with E-state index in [4.69, 9.17) is 0 Å². The van der Waals surface area contributed by atoms with Crippen LogP contribution >= 0.6 is 0 Å². The third-order valence-electron chi connectivity index (χ3n) is 6.74. The Bertz CT molecular complexity index is 885. The van der Waals surface area contributed by atoms with Crippen LogP contribution in [0.2, 0.25) is 0 Å². The minimum absolute atomic E-state index is 0.0682. The maximum Gasteiger partial charge on any atom is 0.317 e. The fourth-order valence-electron chi connectivity index (χ4n) is 5.42. The number of amides is 2. The van der Waals surface area contributed by atoms with Crippen LogP contribution in [-0.4, -0.2) is 78.2 Å². The molecule has 3 atom stereocenters. The van der Waals surface area contributed by atoms with E-state index in [1.54, 1.807) is 0 Å². The van der Waals surface area contributed by atoms with Crippen LogP contribution in [-0.2, 0) is 13.1 Å². The second-order valence-corrected chi connectivity index (χ2v) is 8.96. The van der Waals surface area contributed by atoms with Crippen LogP contribution < -0.4 is 5.32 Å². The van der Waals surface area contributed by atoms with Crippen molar-refractivity contribution in [1.29, 1.82) is 0 Å². The van der Waals surface area contributed by atoms with Crippen molar-refractivity contribution in [3.63, 3.8) is 0 Å². The van der Waals surface area contributed by atoms with Crippen LogP contribution in [0.4, 0.5) is 4.79 Å². The van der Waals surface area contributed by atoms with E-state index in [0.717, 1.165) is 39.1 Å². The summed E-state index contributed by atoms with van der Waals surface area (Å²) in [7, 11) is 6.45. The highest BCUT2D eigenvalue weighted by Crippen LogP contribution is 2.43. The number of likely N-dealkylation sites (tertiary alicyclic amines) is 1. The number of urea groups is 1. The van der Waals surface area contributed by atoms with Crippen LogP contribution in [0.5, 0.6) is 0 Å². The Labute approximate surface area is 174 Å². The lowest BCUT2D eigenvalue weighted by Gasteiger charge is -2.45. The Balaban J connectivity index is 1.63. The number of hydrogen-bond donors (Lipinski definition) is 1. The van der Waals surface area contributed by atoms with Crippen molar-refractivity contribution in [1.82, 2.24) is 24.6 Å². The molecule has 2 aromatic rings. The van der Waals surface area contributed by atoms with Gasteiger partial charge in [-0.2, -0.15) is 0 Å². The van der Waals surface area contributed by atoms with Crippen molar-refractivity contribution in [3.05, 3.63) is 35.5 Å². The van der Waals surface area contributed by atoms with Gasteiger partial charge in [0.2, 0.25) is 0 Å². The van der Waals surface area contributed by atoms with E-state index in [0.29, 0.717) is 12.0 Å². The highest BCUT2D eigenvalue weighted by molar-refractivity contribution is 5.89. The lowest BCUT2D eigenvalue weighted by Crippen LogP contribution is -2.56. The number of piperidine rings is 1. The summed E-state index contributed by atoms with van der Waals surface area (Å²) in [6, 6.07) is 7.52. The standard InChI is InChI=1S/C23H35N5O/c1-6-27(7-2)23(29)24-17-12-19-18-9-8-10-20-22(18)16(11-21(19)26(5)14-17)13-28(20)15-25(3)4/h8-10,13,17,19,21H,6-7,11-12,14-15H2,1-5H3,(H,24,29)/t17-,19+,21+/m0/s1. The van der Waals surface area contributed by atoms with E-state index in [1.807, 2.05) is 18.7 Å². The quantitative estimate of drug-likeness (QED) is 0.844. The molecule has 29 heavy (non-hydrogen) atoms. The first-order valence-electron chi connectivity index (χ1n) is 10.9. The second-order valence-electron chi connectivity index (χ2n) is 8.96. The summed E-state index contributed by atoms with van der Waals surface area (Å²) in [6.45, 7) is 7.38. The molecule has 2 aliphatic rings. The summed E-state index contributed by atoms with van der Waals surface area (Å²) in [6.07, 6.45) is 4.46. The Morgan fingerprint density at radius 2 is 2.00 bits per heavy atom. The fraction of sp³-hybridized carbons (Fsp3) is 0.609. The second kappa shape index (κ2) is 8.00. The van der Waals surface area contributed by atoms with E-state index in [1.165, 1.54) is 22.0 Å². The summed E-state index contributed by atoms with van der Waals surface area (Å²) in [4.78, 5) is 19.2. The van der Waals surface area contributed by atoms with E-state index in [-0.39, 0.29) is 12.1 Å². The molecule has 158 valence electrons. The zero-order valence-corrected chi connectivity index (χ0v) is 18.5. The maximum atomic E-state index is 12.6. The van der Waals surface area contributed by atoms with Gasteiger partial charge in [0.25, 0.3) is 0 Å². The van der Waals surface area contributed by atoms with Gasteiger partial charge in [-0.05, 0) is 65.0 Å². The molecule has 1 aliphatic heterocycles. The first-order valence-corrected chi connectivity index (χ1v) is 10.9. The lowest BCUT2D eigenvalue weighted by atomic mass is 9.74. The molecule has 1 saturated heterocycles. The number of hydrogen-bond acceptors (Lipinski definition) is 3. The zero-order chi connectivity index (χ0) is 20.7. The number of carbonyl (C=O) groups is 1. The number of fused-ring (bicyclic) bond motifs is 2. The van der Waals surface area contributed by atoms with Crippen LogP contribution in [0, 0.1) is 0 Å². The normalized spacial score (nSPS) is 24.0. The van der Waals surface area contributed by atoms with Gasteiger partial charge >= 0.3 is 6.03 Å². The van der Waals surface area contributed by atoms with Gasteiger partial charge in [-0.1, -0.05) is 12.1 Å². The van der Waals surface area contributed by atoms with Crippen molar-refractivity contribution in [3.8, 4) is 0 Å². The third-order valence-corrected chi connectivity index (χ3v) is 6.74. The van der Waals surface area contributed by atoms with Gasteiger partial charge in [-0.15, -0.1) is 0 Å². The van der Waals surface area contributed by atoms with Crippen LogP contribution in [0.1, 0.15) is 37.3 Å². The number of aromatic nitrogens is 1. The molecule has 0 spiro atoms. The minimum Gasteiger partial charge on any atom is -0.334 e. The van der Waals surface area contributed by atoms with Crippen molar-refractivity contribution >= 4 is 16.9 Å². The summed E-state index contributed by atoms with van der Waals surface area (Å²) < 4.78 is 2.38. The number of benzene rings is 1. The van der Waals surface area contributed by atoms with Gasteiger partial charge in [0.1, 0.15) is 0 Å². The summed E-state index contributed by atoms with van der Waals surface area (Å²) >= 11 is 0. The highest BCUT2D eigenvalue weighted by atomic mass is 16.2. The Hall–Kier alpha value is -2.05. The Kier molecular flexibility index (Phi) is 5.58. The fourth-order valence-corrected chi connectivity index (χ4v) is 5.42. The topological polar surface area (TPSA) is 43.8 Å². The molecule has 1 aromatic carbocycles. The van der Waals surface area contributed by atoms with E-state index in [2.05, 4.69) is 65.2 Å². The Morgan fingerprint density at radius 1 is 1.24 bits per heavy atom. The average Bonchev–Trinajstić information content (AvgIpc) is 3.02. The first-order chi connectivity index (χ1) is 13.9. The summed E-state index contributed by atoms with van der Waals surface area (Å²) in [5, 5.41) is 4.75. The number of likely N-dealkylation sites (N-methyl/N-ethyl adjacent to an activating group) is 1. The number of nitrogens with zero attached hydrogens (tertiary/aromatic N) is 4. The number of nitrogens with one attached hydrogen (secondary N) is 1. The molecule has 6 heteroatoms. The van der Waals surface area contributed by atoms with Crippen LogP contribution in [0.3, 0.4) is 0 Å². The molecule has 4 rings (SSSR count). The van der Waals surface area contributed by atoms with Crippen molar-refractivity contribution < 1.29 is 4.79 Å². The molecule has 1 N–H and O–H groups in total. The van der Waals surface area contributed by atoms with E-state index >= 15 is 0 Å². The summed E-state index contributed by atoms with van der Waals surface area (Å²) in [5.74, 6) is 0.460. The van der Waals surface area contributed by atoms with Crippen molar-refractivity contribution in [2.75, 3.05) is 40.8 Å². The zero-order valence-electron chi connectivity index (χ0n) is 18.5. The van der Waals surface area contributed by atoms with Gasteiger partial charge in [0.05, 0.1) is 6.67 Å². The van der Waals surface area contributed by atoms with E-state index in [9.17, 15) is 4.79 Å². The van der Waals surface area contributed by atoms with Gasteiger partial charge in [-0.3, -0.25) is 4.90 Å². The molecule has 2 amide bonds. The van der Waals surface area contributed by atoms with Gasteiger partial charge in [0.15, 0.2) is 0 Å². The molecule has 0 saturated carbocycles. The SMILES string of the molecule is CCN(CC)C(=O)N[C@H]1C[C@@H]2c3cccc4c3c(cn4CN(C)C)C[C@H]2N(C)C1. The average molecular weight is 398 g/mol. The molecular formula is C23H35N5O. The number of rotatable bonds is 5. The largest absolute Gasteiger partial charge is 0.334 e. The predicted molar refractivity (Wildman–Crippen MR) is 118 cm³/mol. The molecule has 2 heterocycles. The van der Waals surface area contributed by atoms with E-state index < -0.39 is 0 Å². The monoisotopic (exact) mass is 397 g/mol. The molecule has 0 bridgehead atoms. The molecule has 6 nitrogen and oxygen atoms in total. The van der Waals surface area contributed by atoms with Crippen molar-refractivity contribution in [2.24, 2.45) is 0 Å². The van der Waals surface area contributed by atoms with Gasteiger partial charge < -0.3 is 19.7 Å². The molecule has 0 unspecified atom stereocenters. The Morgan fingerprint density at radius 3 is 2.69 bits per heavy atom. The minimum atomic E-state index is 0.0682.